The molecule has 0 radical (unpaired) electrons. The van der Waals surface area contributed by atoms with Crippen molar-refractivity contribution < 1.29 is 4.79 Å². The molecule has 0 spiro atoms. The molecule has 2 aromatic rings. The number of para-hydroxylation sites is 1. The number of allylic oxidation sites excluding steroid dienone is 1. The second kappa shape index (κ2) is 4.94. The fourth-order valence-electron chi connectivity index (χ4n) is 2.04. The Labute approximate surface area is 116 Å². The minimum Gasteiger partial charge on any atom is -0.338 e. The first-order valence-corrected chi connectivity index (χ1v) is 6.89. The fraction of sp³-hybridized carbons (Fsp3) is 0.0625. The van der Waals surface area contributed by atoms with Crippen molar-refractivity contribution in [2.45, 2.75) is 4.90 Å². The molecule has 0 aliphatic carbocycles. The van der Waals surface area contributed by atoms with E-state index in [1.54, 1.807) is 17.8 Å². The Morgan fingerprint density at radius 2 is 1.74 bits per heavy atom. The van der Waals surface area contributed by atoms with Crippen molar-refractivity contribution in [1.82, 2.24) is 0 Å². The molecule has 0 fully saturated rings. The molecule has 0 aromatic heterocycles. The van der Waals surface area contributed by atoms with Gasteiger partial charge >= 0.3 is 0 Å². The van der Waals surface area contributed by atoms with Gasteiger partial charge in [-0.1, -0.05) is 54.2 Å². The summed E-state index contributed by atoms with van der Waals surface area (Å²) in [4.78, 5) is 15.4. The molecule has 1 heterocycles. The highest BCUT2D eigenvalue weighted by atomic mass is 32.2. The second-order valence-electron chi connectivity index (χ2n) is 4.34. The number of nitrogens with zero attached hydrogens (tertiary/aromatic N) is 1. The number of anilines is 1. The maximum atomic E-state index is 12.2. The monoisotopic (exact) mass is 267 g/mol. The number of ketones is 1. The third kappa shape index (κ3) is 2.29. The van der Waals surface area contributed by atoms with E-state index < -0.39 is 0 Å². The van der Waals surface area contributed by atoms with E-state index in [0.717, 1.165) is 16.3 Å². The SMILES string of the molecule is CN1/C(=C/C(=O)c2ccccc2)Sc2ccccc21. The molecule has 2 nitrogen and oxygen atoms in total. The fourth-order valence-corrected chi connectivity index (χ4v) is 3.13. The van der Waals surface area contributed by atoms with Gasteiger partial charge in [-0.05, 0) is 12.1 Å². The summed E-state index contributed by atoms with van der Waals surface area (Å²) in [5, 5.41) is 0.968. The highest BCUT2D eigenvalue weighted by molar-refractivity contribution is 8.03. The van der Waals surface area contributed by atoms with Gasteiger partial charge in [0.1, 0.15) is 0 Å². The van der Waals surface area contributed by atoms with E-state index in [4.69, 9.17) is 0 Å². The van der Waals surface area contributed by atoms with E-state index >= 15 is 0 Å². The maximum Gasteiger partial charge on any atom is 0.188 e. The van der Waals surface area contributed by atoms with E-state index in [2.05, 4.69) is 17.0 Å². The molecule has 0 N–H and O–H groups in total. The highest BCUT2D eigenvalue weighted by Crippen LogP contribution is 2.44. The number of fused-ring (bicyclic) bond motifs is 1. The molecule has 1 aliphatic heterocycles. The van der Waals surface area contributed by atoms with Gasteiger partial charge < -0.3 is 4.90 Å². The van der Waals surface area contributed by atoms with Crippen molar-refractivity contribution in [3.05, 3.63) is 71.3 Å². The lowest BCUT2D eigenvalue weighted by Gasteiger charge is -2.12. The molecule has 3 rings (SSSR count). The van der Waals surface area contributed by atoms with Gasteiger partial charge in [-0.2, -0.15) is 0 Å². The van der Waals surface area contributed by atoms with Crippen molar-refractivity contribution in [3.8, 4) is 0 Å². The average Bonchev–Trinajstić information content (AvgIpc) is 2.77. The van der Waals surface area contributed by atoms with Gasteiger partial charge in [0, 0.05) is 23.6 Å². The predicted octanol–water partition coefficient (Wildman–Crippen LogP) is 3.95. The van der Waals surface area contributed by atoms with Gasteiger partial charge in [-0.25, -0.2) is 0 Å². The zero-order valence-corrected chi connectivity index (χ0v) is 11.4. The lowest BCUT2D eigenvalue weighted by Crippen LogP contribution is -2.11. The van der Waals surface area contributed by atoms with Crippen LogP contribution in [0.4, 0.5) is 5.69 Å². The first-order valence-electron chi connectivity index (χ1n) is 6.07. The van der Waals surface area contributed by atoms with Crippen molar-refractivity contribution in [2.24, 2.45) is 0 Å². The summed E-state index contributed by atoms with van der Waals surface area (Å²) in [5.74, 6) is 0.0442. The number of carbonyl (C=O) groups excluding carboxylic acids is 1. The van der Waals surface area contributed by atoms with Crippen LogP contribution in [0.1, 0.15) is 10.4 Å². The van der Waals surface area contributed by atoms with Crippen LogP contribution in [0.25, 0.3) is 0 Å². The zero-order valence-electron chi connectivity index (χ0n) is 10.5. The van der Waals surface area contributed by atoms with Crippen LogP contribution in [0.5, 0.6) is 0 Å². The number of thioether (sulfide) groups is 1. The van der Waals surface area contributed by atoms with Crippen molar-refractivity contribution in [2.75, 3.05) is 11.9 Å². The lowest BCUT2D eigenvalue weighted by atomic mass is 10.1. The van der Waals surface area contributed by atoms with Gasteiger partial charge in [-0.15, -0.1) is 0 Å². The summed E-state index contributed by atoms with van der Waals surface area (Å²) in [6.45, 7) is 0. The molecule has 0 amide bonds. The summed E-state index contributed by atoms with van der Waals surface area (Å²) >= 11 is 1.63. The van der Waals surface area contributed by atoms with E-state index in [1.807, 2.05) is 49.5 Å². The molecule has 3 heteroatoms. The van der Waals surface area contributed by atoms with Gasteiger partial charge in [0.25, 0.3) is 0 Å². The molecule has 0 atom stereocenters. The van der Waals surface area contributed by atoms with E-state index in [1.165, 1.54) is 4.90 Å². The molecular formula is C16H13NOS. The Kier molecular flexibility index (Phi) is 3.13. The number of hydrogen-bond donors (Lipinski definition) is 0. The number of benzene rings is 2. The third-order valence-corrected chi connectivity index (χ3v) is 4.25. The number of rotatable bonds is 2. The summed E-state index contributed by atoms with van der Waals surface area (Å²) in [7, 11) is 1.99. The first kappa shape index (κ1) is 12.1. The Morgan fingerprint density at radius 3 is 2.47 bits per heavy atom. The molecule has 2 aromatic carbocycles. The van der Waals surface area contributed by atoms with Gasteiger partial charge in [0.05, 0.1) is 10.7 Å². The van der Waals surface area contributed by atoms with E-state index in [-0.39, 0.29) is 5.78 Å². The average molecular weight is 267 g/mol. The van der Waals surface area contributed by atoms with Crippen molar-refractivity contribution in [3.63, 3.8) is 0 Å². The minimum absolute atomic E-state index is 0.0442. The molecular weight excluding hydrogens is 254 g/mol. The summed E-state index contributed by atoms with van der Waals surface area (Å²) in [6, 6.07) is 17.5. The van der Waals surface area contributed by atoms with Crippen molar-refractivity contribution in [1.29, 1.82) is 0 Å². The number of hydrogen-bond acceptors (Lipinski definition) is 3. The van der Waals surface area contributed by atoms with Gasteiger partial charge in [-0.3, -0.25) is 4.79 Å². The minimum atomic E-state index is 0.0442. The second-order valence-corrected chi connectivity index (χ2v) is 5.40. The Bertz CT molecular complexity index is 649. The maximum absolute atomic E-state index is 12.2. The Morgan fingerprint density at radius 1 is 1.05 bits per heavy atom. The predicted molar refractivity (Wildman–Crippen MR) is 79.6 cm³/mol. The Hall–Kier alpha value is -2.00. The normalized spacial score (nSPS) is 15.6. The van der Waals surface area contributed by atoms with Crippen LogP contribution in [-0.4, -0.2) is 12.8 Å². The largest absolute Gasteiger partial charge is 0.338 e. The van der Waals surface area contributed by atoms with Crippen LogP contribution < -0.4 is 4.90 Å². The molecule has 19 heavy (non-hydrogen) atoms. The summed E-state index contributed by atoms with van der Waals surface area (Å²) in [5.41, 5.74) is 1.87. The van der Waals surface area contributed by atoms with Crippen LogP contribution >= 0.6 is 11.8 Å². The molecule has 1 aliphatic rings. The highest BCUT2D eigenvalue weighted by Gasteiger charge is 2.22. The summed E-state index contributed by atoms with van der Waals surface area (Å²) in [6.07, 6.45) is 1.71. The standard InChI is InChI=1S/C16H13NOS/c1-17-13-9-5-6-10-15(13)19-16(17)11-14(18)12-7-3-2-4-8-12/h2-11H,1H3/b16-11-. The van der Waals surface area contributed by atoms with Crippen molar-refractivity contribution >= 4 is 23.2 Å². The number of carbonyl (C=O) groups is 1. The Balaban J connectivity index is 1.89. The van der Waals surface area contributed by atoms with E-state index in [0.29, 0.717) is 0 Å². The van der Waals surface area contributed by atoms with Crippen LogP contribution in [0, 0.1) is 0 Å². The molecule has 0 bridgehead atoms. The van der Waals surface area contributed by atoms with Gasteiger partial charge in [0.15, 0.2) is 5.78 Å². The third-order valence-electron chi connectivity index (χ3n) is 3.08. The molecule has 0 unspecified atom stereocenters. The topological polar surface area (TPSA) is 20.3 Å². The quantitative estimate of drug-likeness (QED) is 0.607. The van der Waals surface area contributed by atoms with Gasteiger partial charge in [0.2, 0.25) is 0 Å². The first-order chi connectivity index (χ1) is 9.25. The molecule has 0 saturated carbocycles. The molecule has 0 saturated heterocycles. The molecule has 94 valence electrons. The van der Waals surface area contributed by atoms with E-state index in [9.17, 15) is 4.79 Å². The summed E-state index contributed by atoms with van der Waals surface area (Å²) < 4.78 is 0. The van der Waals surface area contributed by atoms with Crippen LogP contribution in [0.3, 0.4) is 0 Å². The lowest BCUT2D eigenvalue weighted by molar-refractivity contribution is 0.104. The zero-order chi connectivity index (χ0) is 13.2. The van der Waals surface area contributed by atoms with Crippen LogP contribution in [0.2, 0.25) is 0 Å². The van der Waals surface area contributed by atoms with Crippen LogP contribution in [-0.2, 0) is 0 Å². The van der Waals surface area contributed by atoms with Crippen LogP contribution in [0.15, 0.2) is 70.6 Å². The smallest absolute Gasteiger partial charge is 0.188 e.